The van der Waals surface area contributed by atoms with Crippen LogP contribution < -0.4 is 5.32 Å². The first-order valence-corrected chi connectivity index (χ1v) is 23.7. The summed E-state index contributed by atoms with van der Waals surface area (Å²) in [4.78, 5) is 12.5. The number of unbranched alkanes of at least 4 members (excludes halogenated alkanes) is 21. The fraction of sp³-hybridized carbons (Fsp3) is 0.723. The third-order valence-corrected chi connectivity index (χ3v) is 10.4. The van der Waals surface area contributed by atoms with Gasteiger partial charge in [0.2, 0.25) is 5.91 Å². The average Bonchev–Trinajstić information content (AvgIpc) is 3.14. The van der Waals surface area contributed by atoms with Crippen LogP contribution in [0, 0.1) is 0 Å². The van der Waals surface area contributed by atoms with Gasteiger partial charge in [0.05, 0.1) is 17.9 Å². The summed E-state index contributed by atoms with van der Waals surface area (Å²) in [6.07, 6.45) is 57.5. The monoisotopic (exact) mass is 774 g/mol. The zero-order valence-electron chi connectivity index (χ0n) is 34.8. The number of hydrogen-bond acceptors (Lipinski definition) is 4. The summed E-state index contributed by atoms with van der Waals surface area (Å²) in [7, 11) is -4.36. The van der Waals surface area contributed by atoms with Gasteiger partial charge < -0.3 is 10.4 Å². The molecule has 0 saturated heterocycles. The molecule has 0 aromatic carbocycles. The standard InChI is InChI=1S/C47H83NO5S/c1-3-5-7-9-11-13-15-17-19-21-22-23-24-25-26-27-29-31-33-35-37-39-41-43-47(50)48-45(44-54(51,52)53)46(49)42-40-38-36-34-32-30-28-20-18-16-14-12-10-8-6-4-2/h5,7,11,13,17,19,22-23,32,34,40,42,45-46,49H,3-4,6,8-10,12,14-16,18,20-21,24-31,33,35-39,41,43-44H2,1-2H3,(H,48,50)(H,51,52,53)/b7-5-,13-11-,19-17-,23-22-,34-32+,42-40+. The van der Waals surface area contributed by atoms with E-state index in [9.17, 15) is 22.9 Å². The maximum atomic E-state index is 12.5. The van der Waals surface area contributed by atoms with Crippen molar-refractivity contribution in [1.82, 2.24) is 5.32 Å². The van der Waals surface area contributed by atoms with Crippen molar-refractivity contribution in [3.8, 4) is 0 Å². The van der Waals surface area contributed by atoms with Gasteiger partial charge in [-0.1, -0.05) is 196 Å². The molecule has 1 amide bonds. The molecule has 0 bridgehead atoms. The minimum absolute atomic E-state index is 0.279. The Morgan fingerprint density at radius 1 is 0.519 bits per heavy atom. The Morgan fingerprint density at radius 3 is 1.39 bits per heavy atom. The lowest BCUT2D eigenvalue weighted by Crippen LogP contribution is -2.46. The van der Waals surface area contributed by atoms with Gasteiger partial charge in [-0.15, -0.1) is 0 Å². The molecule has 0 aromatic heterocycles. The quantitative estimate of drug-likeness (QED) is 0.0328. The molecule has 0 aliphatic rings. The molecule has 0 fully saturated rings. The molecule has 0 rings (SSSR count). The first-order valence-electron chi connectivity index (χ1n) is 22.1. The number of allylic oxidation sites excluding steroid dienone is 11. The minimum Gasteiger partial charge on any atom is -0.387 e. The van der Waals surface area contributed by atoms with Crippen molar-refractivity contribution in [3.63, 3.8) is 0 Å². The highest BCUT2D eigenvalue weighted by molar-refractivity contribution is 7.85. The molecular weight excluding hydrogens is 691 g/mol. The fourth-order valence-electron chi connectivity index (χ4n) is 6.34. The summed E-state index contributed by atoms with van der Waals surface area (Å²) in [5.41, 5.74) is 0. The Labute approximate surface area is 334 Å². The predicted molar refractivity (Wildman–Crippen MR) is 234 cm³/mol. The molecular formula is C47H83NO5S. The zero-order chi connectivity index (χ0) is 39.6. The molecule has 0 aliphatic heterocycles. The van der Waals surface area contributed by atoms with Gasteiger partial charge in [-0.2, -0.15) is 8.42 Å². The zero-order valence-corrected chi connectivity index (χ0v) is 35.6. The van der Waals surface area contributed by atoms with Gasteiger partial charge in [0.25, 0.3) is 10.1 Å². The Hall–Kier alpha value is -2.22. The summed E-state index contributed by atoms with van der Waals surface area (Å²) in [6.45, 7) is 4.41. The molecule has 0 aromatic rings. The van der Waals surface area contributed by atoms with E-state index in [4.69, 9.17) is 0 Å². The minimum atomic E-state index is -4.36. The van der Waals surface area contributed by atoms with Crippen molar-refractivity contribution in [2.75, 3.05) is 5.75 Å². The number of rotatable bonds is 39. The Bertz CT molecular complexity index is 1120. The molecule has 6 nitrogen and oxygen atoms in total. The van der Waals surface area contributed by atoms with Crippen molar-refractivity contribution >= 4 is 16.0 Å². The summed E-state index contributed by atoms with van der Waals surface area (Å²) >= 11 is 0. The van der Waals surface area contributed by atoms with E-state index in [2.05, 4.69) is 79.9 Å². The maximum Gasteiger partial charge on any atom is 0.267 e. The van der Waals surface area contributed by atoms with Crippen LogP contribution >= 0.6 is 0 Å². The molecule has 2 atom stereocenters. The van der Waals surface area contributed by atoms with Crippen LogP contribution in [0.3, 0.4) is 0 Å². The second-order valence-electron chi connectivity index (χ2n) is 14.9. The fourth-order valence-corrected chi connectivity index (χ4v) is 7.07. The smallest absolute Gasteiger partial charge is 0.267 e. The Balaban J connectivity index is 3.92. The van der Waals surface area contributed by atoms with Gasteiger partial charge in [-0.25, -0.2) is 0 Å². The van der Waals surface area contributed by atoms with Gasteiger partial charge in [0.1, 0.15) is 0 Å². The summed E-state index contributed by atoms with van der Waals surface area (Å²) in [5.74, 6) is -1.01. The molecule has 54 heavy (non-hydrogen) atoms. The van der Waals surface area contributed by atoms with Crippen LogP contribution in [0.4, 0.5) is 0 Å². The van der Waals surface area contributed by atoms with E-state index in [-0.39, 0.29) is 12.3 Å². The lowest BCUT2D eigenvalue weighted by atomic mass is 10.0. The number of hydrogen-bond donors (Lipinski definition) is 3. The molecule has 7 heteroatoms. The van der Waals surface area contributed by atoms with Gasteiger partial charge in [0.15, 0.2) is 0 Å². The van der Waals surface area contributed by atoms with E-state index in [0.717, 1.165) is 70.6 Å². The highest BCUT2D eigenvalue weighted by atomic mass is 32.2. The van der Waals surface area contributed by atoms with E-state index in [1.165, 1.54) is 109 Å². The lowest BCUT2D eigenvalue weighted by molar-refractivity contribution is -0.122. The first kappa shape index (κ1) is 51.8. The normalized spacial score (nSPS) is 13.9. The topological polar surface area (TPSA) is 104 Å². The van der Waals surface area contributed by atoms with Crippen molar-refractivity contribution in [2.24, 2.45) is 0 Å². The highest BCUT2D eigenvalue weighted by Crippen LogP contribution is 2.14. The molecule has 0 spiro atoms. The third-order valence-electron chi connectivity index (χ3n) is 9.62. The number of aliphatic hydroxyl groups is 1. The molecule has 0 heterocycles. The number of carbonyl (C=O) groups is 1. The lowest BCUT2D eigenvalue weighted by Gasteiger charge is -2.21. The molecule has 0 aliphatic carbocycles. The van der Waals surface area contributed by atoms with E-state index in [0.29, 0.717) is 6.42 Å². The highest BCUT2D eigenvalue weighted by Gasteiger charge is 2.24. The largest absolute Gasteiger partial charge is 0.387 e. The summed E-state index contributed by atoms with van der Waals surface area (Å²) in [6, 6.07) is -1.08. The van der Waals surface area contributed by atoms with Crippen LogP contribution in [0.25, 0.3) is 0 Å². The van der Waals surface area contributed by atoms with Gasteiger partial charge >= 0.3 is 0 Å². The number of carbonyl (C=O) groups excluding carboxylic acids is 1. The van der Waals surface area contributed by atoms with Gasteiger partial charge in [-0.3, -0.25) is 9.35 Å². The molecule has 2 unspecified atom stereocenters. The van der Waals surface area contributed by atoms with Gasteiger partial charge in [-0.05, 0) is 70.6 Å². The van der Waals surface area contributed by atoms with E-state index in [1.807, 2.05) is 6.08 Å². The van der Waals surface area contributed by atoms with Crippen molar-refractivity contribution < 1.29 is 22.9 Å². The predicted octanol–water partition coefficient (Wildman–Crippen LogP) is 13.4. The third kappa shape index (κ3) is 41.0. The van der Waals surface area contributed by atoms with Crippen molar-refractivity contribution in [3.05, 3.63) is 72.9 Å². The molecule has 312 valence electrons. The number of amides is 1. The Kier molecular flexibility index (Phi) is 38.8. The summed E-state index contributed by atoms with van der Waals surface area (Å²) in [5, 5.41) is 13.2. The number of aliphatic hydroxyl groups excluding tert-OH is 1. The van der Waals surface area contributed by atoms with Crippen molar-refractivity contribution in [2.45, 2.75) is 212 Å². The van der Waals surface area contributed by atoms with Crippen molar-refractivity contribution in [1.29, 1.82) is 0 Å². The van der Waals surface area contributed by atoms with Crippen LogP contribution in [0.15, 0.2) is 72.9 Å². The molecule has 3 N–H and O–H groups in total. The van der Waals surface area contributed by atoms with Crippen LogP contribution in [0.1, 0.15) is 200 Å². The number of nitrogens with one attached hydrogen (secondary N) is 1. The maximum absolute atomic E-state index is 12.5. The van der Waals surface area contributed by atoms with Crippen LogP contribution in [0.2, 0.25) is 0 Å². The van der Waals surface area contributed by atoms with E-state index >= 15 is 0 Å². The van der Waals surface area contributed by atoms with E-state index < -0.39 is 28.0 Å². The second-order valence-corrected chi connectivity index (χ2v) is 16.4. The van der Waals surface area contributed by atoms with Crippen LogP contribution in [-0.2, 0) is 14.9 Å². The first-order chi connectivity index (χ1) is 26.3. The second kappa shape index (κ2) is 40.4. The van der Waals surface area contributed by atoms with Crippen LogP contribution in [0.5, 0.6) is 0 Å². The SMILES string of the molecule is CC/C=C\C/C=C\C/C=C\C/C=C\CCCCCCCCCCCCC(=O)NC(CS(=O)(=O)O)C(O)/C=C/CC/C=C/CCCCCCCCCCCC. The van der Waals surface area contributed by atoms with Crippen LogP contribution in [-0.4, -0.2) is 41.9 Å². The molecule has 0 radical (unpaired) electrons. The van der Waals surface area contributed by atoms with E-state index in [1.54, 1.807) is 0 Å². The van der Waals surface area contributed by atoms with Gasteiger partial charge in [0, 0.05) is 6.42 Å². The average molecular weight is 774 g/mol. The summed E-state index contributed by atoms with van der Waals surface area (Å²) < 4.78 is 32.5. The molecule has 0 saturated carbocycles. The Morgan fingerprint density at radius 2 is 0.907 bits per heavy atom.